The number of unbranched alkanes of at least 4 members (excludes halogenated alkanes) is 1. The average molecular weight is 546 g/mol. The first kappa shape index (κ1) is 29.1. The summed E-state index contributed by atoms with van der Waals surface area (Å²) >= 11 is 0. The first-order chi connectivity index (χ1) is 19.5. The molecule has 2 aromatic rings. The first-order valence-electron chi connectivity index (χ1n) is 14.2. The van der Waals surface area contributed by atoms with Crippen molar-refractivity contribution in [3.05, 3.63) is 87.2 Å². The number of piperidine rings is 1. The number of likely N-dealkylation sites (tertiary alicyclic amines) is 1. The van der Waals surface area contributed by atoms with Gasteiger partial charge < -0.3 is 15.1 Å². The standard InChI is InChI=1S/C31H39N5O4/c1-3-28-31(29(30(32-21-37)23(2)33-28)26-11-13-27(14-12-26)36(39)40)35(22-38)18-8-7-17-34-19-15-25(16-20-34)24-9-5-4-6-10-24/h4-6,9-14,21-22,25,29-30H,3,7-8,15-20H2,1-2H3,(H,32,37). The number of hydrogen-bond donors (Lipinski definition) is 1. The van der Waals surface area contributed by atoms with Crippen LogP contribution in [0.15, 0.2) is 71.0 Å². The Kier molecular flexibility index (Phi) is 10.2. The highest BCUT2D eigenvalue weighted by Crippen LogP contribution is 2.38. The summed E-state index contributed by atoms with van der Waals surface area (Å²) in [7, 11) is 0. The van der Waals surface area contributed by atoms with E-state index in [1.54, 1.807) is 17.0 Å². The zero-order chi connectivity index (χ0) is 28.5. The van der Waals surface area contributed by atoms with Crippen molar-refractivity contribution in [1.82, 2.24) is 15.1 Å². The minimum absolute atomic E-state index is 0.00821. The number of aliphatic imine (C=N–C) groups is 1. The van der Waals surface area contributed by atoms with Crippen LogP contribution in [0.2, 0.25) is 0 Å². The van der Waals surface area contributed by atoms with Gasteiger partial charge in [-0.1, -0.05) is 49.4 Å². The van der Waals surface area contributed by atoms with Gasteiger partial charge in [0, 0.05) is 24.4 Å². The molecule has 2 aromatic carbocycles. The van der Waals surface area contributed by atoms with E-state index in [2.05, 4.69) is 40.5 Å². The molecule has 2 amide bonds. The minimum atomic E-state index is -0.461. The normalized spacial score (nSPS) is 20.1. The number of carbonyl (C=O) groups excluding carboxylic acids is 2. The molecule has 0 saturated carbocycles. The fraction of sp³-hybridized carbons (Fsp3) is 0.452. The van der Waals surface area contributed by atoms with Gasteiger partial charge >= 0.3 is 0 Å². The Balaban J connectivity index is 1.44. The second-order valence-corrected chi connectivity index (χ2v) is 10.6. The molecule has 9 heteroatoms. The number of nitrogens with one attached hydrogen (secondary N) is 1. The van der Waals surface area contributed by atoms with E-state index in [0.717, 1.165) is 74.4 Å². The van der Waals surface area contributed by atoms with Crippen LogP contribution < -0.4 is 5.32 Å². The maximum Gasteiger partial charge on any atom is 0.269 e. The van der Waals surface area contributed by atoms with E-state index in [0.29, 0.717) is 25.3 Å². The molecule has 2 unspecified atom stereocenters. The van der Waals surface area contributed by atoms with Gasteiger partial charge in [-0.3, -0.25) is 24.7 Å². The van der Waals surface area contributed by atoms with Gasteiger partial charge in [0.1, 0.15) is 0 Å². The van der Waals surface area contributed by atoms with E-state index in [9.17, 15) is 19.7 Å². The van der Waals surface area contributed by atoms with Gasteiger partial charge in [0.25, 0.3) is 5.69 Å². The van der Waals surface area contributed by atoms with Crippen molar-refractivity contribution in [2.75, 3.05) is 26.2 Å². The Morgan fingerprint density at radius 1 is 1.05 bits per heavy atom. The molecule has 1 N–H and O–H groups in total. The molecule has 0 aliphatic carbocycles. The molecular formula is C31H39N5O4. The summed E-state index contributed by atoms with van der Waals surface area (Å²) in [5.41, 5.74) is 4.49. The van der Waals surface area contributed by atoms with Crippen molar-refractivity contribution >= 4 is 24.2 Å². The molecule has 40 heavy (non-hydrogen) atoms. The maximum absolute atomic E-state index is 12.5. The molecule has 4 rings (SSSR count). The molecule has 1 fully saturated rings. The van der Waals surface area contributed by atoms with E-state index >= 15 is 0 Å². The molecular weight excluding hydrogens is 506 g/mol. The first-order valence-corrected chi connectivity index (χ1v) is 14.2. The Labute approximate surface area is 236 Å². The van der Waals surface area contributed by atoms with Gasteiger partial charge in [0.15, 0.2) is 0 Å². The Hall–Kier alpha value is -3.85. The Morgan fingerprint density at radius 2 is 1.75 bits per heavy atom. The predicted octanol–water partition coefficient (Wildman–Crippen LogP) is 5.01. The summed E-state index contributed by atoms with van der Waals surface area (Å²) in [5.74, 6) is 0.239. The van der Waals surface area contributed by atoms with Crippen LogP contribution in [0.4, 0.5) is 5.69 Å². The van der Waals surface area contributed by atoms with Gasteiger partial charge in [-0.05, 0) is 75.7 Å². The SMILES string of the molecule is CCC1=C(N(C=O)CCCCN2CCC(c3ccccc3)CC2)C(c2ccc([N+](=O)[O-])cc2)C(NC=O)C(C)=N1. The van der Waals surface area contributed by atoms with Crippen molar-refractivity contribution in [1.29, 1.82) is 0 Å². The van der Waals surface area contributed by atoms with Gasteiger partial charge in [-0.15, -0.1) is 0 Å². The van der Waals surface area contributed by atoms with Crippen molar-refractivity contribution in [2.45, 2.75) is 63.8 Å². The van der Waals surface area contributed by atoms with Gasteiger partial charge in [-0.2, -0.15) is 0 Å². The Bertz CT molecular complexity index is 1220. The lowest BCUT2D eigenvalue weighted by molar-refractivity contribution is -0.384. The highest BCUT2D eigenvalue weighted by atomic mass is 16.6. The fourth-order valence-electron chi connectivity index (χ4n) is 6.03. The second-order valence-electron chi connectivity index (χ2n) is 10.6. The third-order valence-electron chi connectivity index (χ3n) is 8.15. The Morgan fingerprint density at radius 3 is 2.35 bits per heavy atom. The van der Waals surface area contributed by atoms with Crippen molar-refractivity contribution in [3.63, 3.8) is 0 Å². The van der Waals surface area contributed by atoms with Crippen LogP contribution in [0.5, 0.6) is 0 Å². The van der Waals surface area contributed by atoms with Crippen LogP contribution in [0.3, 0.4) is 0 Å². The lowest BCUT2D eigenvalue weighted by Crippen LogP contribution is -2.46. The van der Waals surface area contributed by atoms with Crippen LogP contribution in [0.1, 0.15) is 68.9 Å². The molecule has 2 heterocycles. The lowest BCUT2D eigenvalue weighted by atomic mass is 9.82. The quantitative estimate of drug-likeness (QED) is 0.165. The van der Waals surface area contributed by atoms with E-state index in [-0.39, 0.29) is 11.6 Å². The number of nitro benzene ring substituents is 1. The fourth-order valence-corrected chi connectivity index (χ4v) is 6.03. The third kappa shape index (κ3) is 6.83. The van der Waals surface area contributed by atoms with E-state index in [1.165, 1.54) is 17.7 Å². The van der Waals surface area contributed by atoms with Crippen molar-refractivity contribution in [3.8, 4) is 0 Å². The van der Waals surface area contributed by atoms with E-state index in [1.807, 2.05) is 13.8 Å². The monoisotopic (exact) mass is 545 g/mol. The molecule has 0 spiro atoms. The number of benzene rings is 2. The molecule has 2 atom stereocenters. The molecule has 9 nitrogen and oxygen atoms in total. The van der Waals surface area contributed by atoms with E-state index in [4.69, 9.17) is 4.99 Å². The average Bonchev–Trinajstić information content (AvgIpc) is 2.99. The number of hydrogen-bond acceptors (Lipinski definition) is 6. The highest BCUT2D eigenvalue weighted by Gasteiger charge is 2.37. The molecule has 0 bridgehead atoms. The van der Waals surface area contributed by atoms with Crippen LogP contribution in [0.25, 0.3) is 0 Å². The van der Waals surface area contributed by atoms with E-state index < -0.39 is 11.0 Å². The molecule has 2 aliphatic heterocycles. The number of amides is 2. The molecule has 0 aromatic heterocycles. The highest BCUT2D eigenvalue weighted by molar-refractivity contribution is 5.92. The number of rotatable bonds is 13. The number of carbonyl (C=O) groups is 2. The number of nitro groups is 1. The topological polar surface area (TPSA) is 108 Å². The second kappa shape index (κ2) is 14.0. The molecule has 2 aliphatic rings. The summed E-state index contributed by atoms with van der Waals surface area (Å²) in [4.78, 5) is 43.8. The molecule has 0 radical (unpaired) electrons. The summed E-state index contributed by atoms with van der Waals surface area (Å²) in [6.07, 6.45) is 6.23. The molecule has 1 saturated heterocycles. The smallest absolute Gasteiger partial charge is 0.269 e. The van der Waals surface area contributed by atoms with Gasteiger partial charge in [0.2, 0.25) is 12.8 Å². The maximum atomic E-state index is 12.5. The van der Waals surface area contributed by atoms with Crippen LogP contribution in [0, 0.1) is 10.1 Å². The van der Waals surface area contributed by atoms with Crippen molar-refractivity contribution in [2.24, 2.45) is 4.99 Å². The zero-order valence-corrected chi connectivity index (χ0v) is 23.4. The predicted molar refractivity (Wildman–Crippen MR) is 156 cm³/mol. The minimum Gasteiger partial charge on any atom is -0.350 e. The van der Waals surface area contributed by atoms with Gasteiger partial charge in [-0.25, -0.2) is 0 Å². The van der Waals surface area contributed by atoms with Crippen molar-refractivity contribution < 1.29 is 14.5 Å². The summed E-state index contributed by atoms with van der Waals surface area (Å²) in [6.45, 7) is 7.54. The summed E-state index contributed by atoms with van der Waals surface area (Å²) in [6, 6.07) is 16.6. The van der Waals surface area contributed by atoms with Crippen LogP contribution >= 0.6 is 0 Å². The number of nitrogens with zero attached hydrogens (tertiary/aromatic N) is 4. The number of non-ortho nitro benzene ring substituents is 1. The summed E-state index contributed by atoms with van der Waals surface area (Å²) < 4.78 is 0. The largest absolute Gasteiger partial charge is 0.350 e. The number of allylic oxidation sites excluding steroid dienone is 1. The van der Waals surface area contributed by atoms with Crippen LogP contribution in [-0.4, -0.2) is 65.5 Å². The zero-order valence-electron chi connectivity index (χ0n) is 23.4. The molecule has 212 valence electrons. The third-order valence-corrected chi connectivity index (χ3v) is 8.15. The van der Waals surface area contributed by atoms with Gasteiger partial charge in [0.05, 0.1) is 28.3 Å². The van der Waals surface area contributed by atoms with Crippen LogP contribution in [-0.2, 0) is 9.59 Å². The summed E-state index contributed by atoms with van der Waals surface area (Å²) in [5, 5.41) is 14.1. The lowest BCUT2D eigenvalue weighted by Gasteiger charge is -2.38.